The van der Waals surface area contributed by atoms with Crippen molar-refractivity contribution in [1.29, 1.82) is 0 Å². The Morgan fingerprint density at radius 1 is 1.38 bits per heavy atom. The molecule has 8 heteroatoms. The van der Waals surface area contributed by atoms with Crippen LogP contribution >= 0.6 is 0 Å². The van der Waals surface area contributed by atoms with Crippen LogP contribution in [0, 0.1) is 0 Å². The van der Waals surface area contributed by atoms with E-state index in [0.29, 0.717) is 49.2 Å². The summed E-state index contributed by atoms with van der Waals surface area (Å²) in [6.45, 7) is 7.40. The first-order valence-corrected chi connectivity index (χ1v) is 10.7. The number of nitrogens with two attached hydrogens (primary N) is 2. The lowest BCUT2D eigenvalue weighted by Crippen LogP contribution is -2.26. The van der Waals surface area contributed by atoms with E-state index in [1.807, 2.05) is 29.2 Å². The SMILES string of the molecule is C=C1C=CC(CNc2nc(N3c4cccc(C(N)=O)c4CC3C)ncc2OCCN)=CC1. The van der Waals surface area contributed by atoms with Crippen LogP contribution in [0.5, 0.6) is 5.75 Å². The molecule has 166 valence electrons. The molecule has 8 nitrogen and oxygen atoms in total. The lowest BCUT2D eigenvalue weighted by atomic mass is 10.0. The summed E-state index contributed by atoms with van der Waals surface area (Å²) >= 11 is 0. The molecule has 2 heterocycles. The molecule has 4 rings (SSSR count). The maximum absolute atomic E-state index is 11.9. The number of amides is 1. The van der Waals surface area contributed by atoms with Crippen molar-refractivity contribution in [3.63, 3.8) is 0 Å². The summed E-state index contributed by atoms with van der Waals surface area (Å²) in [5.74, 6) is 1.24. The Kier molecular flexibility index (Phi) is 6.23. The summed E-state index contributed by atoms with van der Waals surface area (Å²) in [5.41, 5.74) is 15.8. The highest BCUT2D eigenvalue weighted by Crippen LogP contribution is 2.39. The Hall–Kier alpha value is -3.65. The van der Waals surface area contributed by atoms with Crippen molar-refractivity contribution in [2.45, 2.75) is 25.8 Å². The second kappa shape index (κ2) is 9.23. The van der Waals surface area contributed by atoms with Gasteiger partial charge in [-0.3, -0.25) is 4.79 Å². The van der Waals surface area contributed by atoms with Gasteiger partial charge >= 0.3 is 0 Å². The number of carbonyl (C=O) groups excluding carboxylic acids is 1. The van der Waals surface area contributed by atoms with Gasteiger partial charge in [-0.15, -0.1) is 0 Å². The summed E-state index contributed by atoms with van der Waals surface area (Å²) < 4.78 is 5.76. The van der Waals surface area contributed by atoms with Gasteiger partial charge in [0.1, 0.15) is 6.61 Å². The number of primary amides is 1. The molecule has 1 unspecified atom stereocenters. The number of rotatable bonds is 8. The Morgan fingerprint density at radius 3 is 2.94 bits per heavy atom. The van der Waals surface area contributed by atoms with Crippen molar-refractivity contribution in [2.24, 2.45) is 11.5 Å². The first-order valence-electron chi connectivity index (χ1n) is 10.7. The van der Waals surface area contributed by atoms with Gasteiger partial charge in [0.15, 0.2) is 11.6 Å². The van der Waals surface area contributed by atoms with Crippen LogP contribution in [-0.2, 0) is 6.42 Å². The fraction of sp³-hybridized carbons (Fsp3) is 0.292. The van der Waals surface area contributed by atoms with E-state index in [0.717, 1.165) is 28.8 Å². The van der Waals surface area contributed by atoms with Gasteiger partial charge in [-0.1, -0.05) is 36.4 Å². The summed E-state index contributed by atoms with van der Waals surface area (Å²) in [4.78, 5) is 23.3. The van der Waals surface area contributed by atoms with Crippen LogP contribution in [-0.4, -0.2) is 41.6 Å². The molecule has 1 aliphatic carbocycles. The fourth-order valence-electron chi connectivity index (χ4n) is 3.99. The number of aromatic nitrogens is 2. The third-order valence-electron chi connectivity index (χ3n) is 5.57. The zero-order valence-corrected chi connectivity index (χ0v) is 18.2. The summed E-state index contributed by atoms with van der Waals surface area (Å²) in [5, 5.41) is 3.37. The van der Waals surface area contributed by atoms with E-state index in [2.05, 4.69) is 29.9 Å². The van der Waals surface area contributed by atoms with E-state index >= 15 is 0 Å². The molecule has 1 aromatic heterocycles. The third kappa shape index (κ3) is 4.36. The summed E-state index contributed by atoms with van der Waals surface area (Å²) in [6, 6.07) is 5.63. The van der Waals surface area contributed by atoms with E-state index in [4.69, 9.17) is 21.2 Å². The zero-order valence-electron chi connectivity index (χ0n) is 18.2. The Morgan fingerprint density at radius 2 is 2.22 bits per heavy atom. The molecule has 1 amide bonds. The average molecular weight is 433 g/mol. The smallest absolute Gasteiger partial charge is 0.249 e. The molecule has 0 fully saturated rings. The van der Waals surface area contributed by atoms with Crippen LogP contribution in [0.4, 0.5) is 17.5 Å². The average Bonchev–Trinajstić information content (AvgIpc) is 3.13. The van der Waals surface area contributed by atoms with Crippen LogP contribution in [0.3, 0.4) is 0 Å². The molecule has 0 saturated carbocycles. The molecule has 2 aliphatic rings. The maximum Gasteiger partial charge on any atom is 0.249 e. The Labute approximate surface area is 187 Å². The highest BCUT2D eigenvalue weighted by atomic mass is 16.5. The number of nitrogens with one attached hydrogen (secondary N) is 1. The first-order chi connectivity index (χ1) is 15.5. The molecule has 5 N–H and O–H groups in total. The van der Waals surface area contributed by atoms with Crippen molar-refractivity contribution in [3.05, 3.63) is 71.5 Å². The number of carbonyl (C=O) groups is 1. The monoisotopic (exact) mass is 432 g/mol. The number of ether oxygens (including phenoxy) is 1. The van der Waals surface area contributed by atoms with Crippen molar-refractivity contribution >= 4 is 23.4 Å². The Balaban J connectivity index is 1.65. The van der Waals surface area contributed by atoms with Gasteiger partial charge in [0.05, 0.1) is 6.20 Å². The minimum atomic E-state index is -0.429. The molecule has 0 spiro atoms. The van der Waals surface area contributed by atoms with Crippen LogP contribution in [0.1, 0.15) is 29.3 Å². The molecule has 2 aromatic rings. The zero-order chi connectivity index (χ0) is 22.7. The second-order valence-corrected chi connectivity index (χ2v) is 7.94. The van der Waals surface area contributed by atoms with Gasteiger partial charge < -0.3 is 26.4 Å². The normalized spacial score (nSPS) is 17.2. The molecule has 1 aromatic carbocycles. The number of anilines is 3. The number of hydrogen-bond donors (Lipinski definition) is 3. The number of allylic oxidation sites excluding steroid dienone is 3. The molecule has 1 atom stereocenters. The lowest BCUT2D eigenvalue weighted by molar-refractivity contribution is 0.0999. The van der Waals surface area contributed by atoms with E-state index in [1.165, 1.54) is 0 Å². The number of nitrogens with zero attached hydrogens (tertiary/aromatic N) is 3. The first kappa shape index (κ1) is 21.6. The highest BCUT2D eigenvalue weighted by Gasteiger charge is 2.32. The largest absolute Gasteiger partial charge is 0.487 e. The molecule has 1 aliphatic heterocycles. The van der Waals surface area contributed by atoms with Gasteiger partial charge in [0, 0.05) is 30.4 Å². The summed E-state index contributed by atoms with van der Waals surface area (Å²) in [7, 11) is 0. The molecule has 0 bridgehead atoms. The molecule has 0 saturated heterocycles. The van der Waals surface area contributed by atoms with Gasteiger partial charge in [-0.05, 0) is 43.0 Å². The maximum atomic E-state index is 11.9. The highest BCUT2D eigenvalue weighted by molar-refractivity contribution is 5.97. The topological polar surface area (TPSA) is 119 Å². The van der Waals surface area contributed by atoms with Crippen LogP contribution in [0.2, 0.25) is 0 Å². The van der Waals surface area contributed by atoms with Crippen molar-refractivity contribution in [1.82, 2.24) is 9.97 Å². The minimum Gasteiger partial charge on any atom is -0.487 e. The van der Waals surface area contributed by atoms with Gasteiger partial charge in [0.2, 0.25) is 11.9 Å². The fourth-order valence-corrected chi connectivity index (χ4v) is 3.99. The van der Waals surface area contributed by atoms with E-state index in [-0.39, 0.29) is 6.04 Å². The molecular weight excluding hydrogens is 404 g/mol. The predicted octanol–water partition coefficient (Wildman–Crippen LogP) is 2.85. The number of fused-ring (bicyclic) bond motifs is 1. The van der Waals surface area contributed by atoms with Crippen molar-refractivity contribution < 1.29 is 9.53 Å². The number of hydrogen-bond acceptors (Lipinski definition) is 7. The summed E-state index contributed by atoms with van der Waals surface area (Å²) in [6.07, 6.45) is 9.40. The number of benzene rings is 1. The lowest BCUT2D eigenvalue weighted by Gasteiger charge is -2.24. The van der Waals surface area contributed by atoms with Crippen LogP contribution in [0.25, 0.3) is 0 Å². The predicted molar refractivity (Wildman–Crippen MR) is 126 cm³/mol. The third-order valence-corrected chi connectivity index (χ3v) is 5.57. The Bertz CT molecular complexity index is 1110. The van der Waals surface area contributed by atoms with Gasteiger partial charge in [0.25, 0.3) is 0 Å². The van der Waals surface area contributed by atoms with Crippen LogP contribution in [0.15, 0.2) is 60.3 Å². The van der Waals surface area contributed by atoms with Crippen molar-refractivity contribution in [3.8, 4) is 5.75 Å². The second-order valence-electron chi connectivity index (χ2n) is 7.94. The van der Waals surface area contributed by atoms with Gasteiger partial charge in [-0.2, -0.15) is 4.98 Å². The van der Waals surface area contributed by atoms with E-state index < -0.39 is 5.91 Å². The minimum absolute atomic E-state index is 0.0733. The van der Waals surface area contributed by atoms with Crippen molar-refractivity contribution in [2.75, 3.05) is 29.9 Å². The molecule has 32 heavy (non-hydrogen) atoms. The molecular formula is C24H28N6O2. The standard InChI is InChI=1S/C24H28N6O2/c1-15-6-8-17(9-7-15)13-27-23-21(32-11-10-25)14-28-24(29-23)30-16(2)12-19-18(22(26)31)4-3-5-20(19)30/h3-6,8-9,14,16H,1,7,10-13,25H2,2H3,(H2,26,31)(H,27,28,29). The van der Waals surface area contributed by atoms with Gasteiger partial charge in [-0.25, -0.2) is 4.98 Å². The van der Waals surface area contributed by atoms with E-state index in [1.54, 1.807) is 12.3 Å². The quantitative estimate of drug-likeness (QED) is 0.587. The molecule has 0 radical (unpaired) electrons. The van der Waals surface area contributed by atoms with E-state index in [9.17, 15) is 4.79 Å². The van der Waals surface area contributed by atoms with Crippen LogP contribution < -0.4 is 26.4 Å².